The fourth-order valence-electron chi connectivity index (χ4n) is 4.20. The first kappa shape index (κ1) is 27.5. The Morgan fingerprint density at radius 2 is 2.03 bits per heavy atom. The highest BCUT2D eigenvalue weighted by Gasteiger charge is 2.38. The van der Waals surface area contributed by atoms with Gasteiger partial charge in [-0.2, -0.15) is 17.8 Å². The lowest BCUT2D eigenvalue weighted by Crippen LogP contribution is -2.43. The number of anilines is 1. The van der Waals surface area contributed by atoms with Crippen LogP contribution in [-0.4, -0.2) is 70.4 Å². The Labute approximate surface area is 237 Å². The van der Waals surface area contributed by atoms with Crippen LogP contribution in [0.2, 0.25) is 10.2 Å². The number of fused-ring (bicyclic) bond motifs is 3. The second-order valence-corrected chi connectivity index (χ2v) is 12.7. The minimum Gasteiger partial charge on any atom is -0.481 e. The van der Waals surface area contributed by atoms with E-state index in [0.717, 1.165) is 15.0 Å². The van der Waals surface area contributed by atoms with E-state index in [1.165, 1.54) is 48.5 Å². The van der Waals surface area contributed by atoms with Gasteiger partial charge < -0.3 is 9.64 Å². The van der Waals surface area contributed by atoms with E-state index in [-0.39, 0.29) is 33.9 Å². The first-order valence-electron chi connectivity index (χ1n) is 11.5. The number of pyridine rings is 1. The van der Waals surface area contributed by atoms with Crippen molar-refractivity contribution in [3.05, 3.63) is 68.3 Å². The van der Waals surface area contributed by atoms with E-state index in [1.54, 1.807) is 16.6 Å². The minimum absolute atomic E-state index is 0.0162. The molecule has 1 unspecified atom stereocenters. The molecule has 11 nitrogen and oxygen atoms in total. The van der Waals surface area contributed by atoms with Crippen molar-refractivity contribution in [3.63, 3.8) is 0 Å². The van der Waals surface area contributed by atoms with Gasteiger partial charge in [-0.25, -0.2) is 18.9 Å². The largest absolute Gasteiger partial charge is 0.481 e. The quantitative estimate of drug-likeness (QED) is 0.315. The van der Waals surface area contributed by atoms with Gasteiger partial charge in [-0.05, 0) is 31.2 Å². The van der Waals surface area contributed by atoms with E-state index in [4.69, 9.17) is 27.9 Å². The number of aromatic nitrogens is 4. The maximum absolute atomic E-state index is 15.2. The second kappa shape index (κ2) is 10.5. The third kappa shape index (κ3) is 5.39. The zero-order valence-electron chi connectivity index (χ0n) is 20.9. The molecule has 0 saturated carbocycles. The van der Waals surface area contributed by atoms with Crippen LogP contribution >= 0.6 is 34.5 Å². The number of amides is 1. The van der Waals surface area contributed by atoms with Crippen molar-refractivity contribution in [1.29, 1.82) is 0 Å². The minimum atomic E-state index is -3.78. The predicted molar refractivity (Wildman–Crippen MR) is 145 cm³/mol. The van der Waals surface area contributed by atoms with Gasteiger partial charge in [0.15, 0.2) is 17.5 Å². The van der Waals surface area contributed by atoms with Gasteiger partial charge >= 0.3 is 10.2 Å². The summed E-state index contributed by atoms with van der Waals surface area (Å²) in [6, 6.07) is 6.25. The number of benzene rings is 1. The smallest absolute Gasteiger partial charge is 0.302 e. The van der Waals surface area contributed by atoms with Crippen LogP contribution in [0.1, 0.15) is 28.0 Å². The summed E-state index contributed by atoms with van der Waals surface area (Å²) in [5, 5.41) is 5.40. The van der Waals surface area contributed by atoms with Gasteiger partial charge in [0, 0.05) is 37.6 Å². The summed E-state index contributed by atoms with van der Waals surface area (Å²) in [6.45, 7) is 1.68. The Hall–Kier alpha value is -3.04. The lowest BCUT2D eigenvalue weighted by atomic mass is 9.95. The SMILES string of the molecule is Cc1nn2c3c(nc2s1)CCN(C(=O)COc1ccc(NS(=O)(=O)N(C)C)nc1Cl)C3c1ccc(Cl)cc1F. The number of carbonyl (C=O) groups is 1. The van der Waals surface area contributed by atoms with Crippen LogP contribution in [0.3, 0.4) is 0 Å². The Morgan fingerprint density at radius 3 is 2.72 bits per heavy atom. The average molecular weight is 615 g/mol. The number of carbonyl (C=O) groups excluding carboxylic acids is 1. The highest BCUT2D eigenvalue weighted by Crippen LogP contribution is 2.38. The Kier molecular flexibility index (Phi) is 7.41. The molecule has 5 rings (SSSR count). The van der Waals surface area contributed by atoms with Crippen LogP contribution in [-0.2, 0) is 21.4 Å². The maximum atomic E-state index is 15.2. The van der Waals surface area contributed by atoms with Gasteiger partial charge in [-0.1, -0.05) is 40.6 Å². The molecular formula is C23H22Cl2FN7O4S2. The van der Waals surface area contributed by atoms with Crippen molar-refractivity contribution in [3.8, 4) is 5.75 Å². The van der Waals surface area contributed by atoms with Crippen LogP contribution in [0.4, 0.5) is 10.2 Å². The number of hydrogen-bond donors (Lipinski definition) is 1. The summed E-state index contributed by atoms with van der Waals surface area (Å²) in [6.07, 6.45) is 0.449. The predicted octanol–water partition coefficient (Wildman–Crippen LogP) is 3.71. The first-order valence-corrected chi connectivity index (χ1v) is 14.5. The molecule has 0 spiro atoms. The zero-order chi connectivity index (χ0) is 28.1. The highest BCUT2D eigenvalue weighted by atomic mass is 35.5. The number of halogens is 3. The number of rotatable bonds is 7. The Balaban J connectivity index is 1.42. The Morgan fingerprint density at radius 1 is 1.26 bits per heavy atom. The maximum Gasteiger partial charge on any atom is 0.302 e. The van der Waals surface area contributed by atoms with Crippen molar-refractivity contribution >= 4 is 61.4 Å². The first-order chi connectivity index (χ1) is 18.4. The molecule has 4 heterocycles. The van der Waals surface area contributed by atoms with E-state index in [1.807, 2.05) is 6.92 Å². The molecule has 1 aliphatic heterocycles. The zero-order valence-corrected chi connectivity index (χ0v) is 24.0. The molecule has 3 aromatic heterocycles. The average Bonchev–Trinajstić information content (AvgIpc) is 3.38. The summed E-state index contributed by atoms with van der Waals surface area (Å²) in [4.78, 5) is 24.3. The number of nitrogens with zero attached hydrogens (tertiary/aromatic N) is 6. The molecule has 4 aromatic rings. The third-order valence-electron chi connectivity index (χ3n) is 6.03. The summed E-state index contributed by atoms with van der Waals surface area (Å²) in [7, 11) is -1.05. The monoisotopic (exact) mass is 613 g/mol. The molecule has 39 heavy (non-hydrogen) atoms. The number of ether oxygens (including phenoxy) is 1. The van der Waals surface area contributed by atoms with Gasteiger partial charge in [0.2, 0.25) is 4.96 Å². The van der Waals surface area contributed by atoms with Crippen LogP contribution in [0.5, 0.6) is 5.75 Å². The molecule has 1 aliphatic rings. The lowest BCUT2D eigenvalue weighted by molar-refractivity contribution is -0.135. The van der Waals surface area contributed by atoms with Crippen molar-refractivity contribution < 1.29 is 22.3 Å². The number of aryl methyl sites for hydroxylation is 1. The molecule has 0 aliphatic carbocycles. The molecule has 206 valence electrons. The molecule has 1 amide bonds. The molecule has 0 saturated heterocycles. The van der Waals surface area contributed by atoms with Crippen molar-refractivity contribution in [1.82, 2.24) is 28.8 Å². The van der Waals surface area contributed by atoms with Crippen LogP contribution in [0.15, 0.2) is 30.3 Å². The van der Waals surface area contributed by atoms with Gasteiger partial charge in [0.05, 0.1) is 11.4 Å². The van der Waals surface area contributed by atoms with E-state index in [2.05, 4.69) is 19.8 Å². The number of imidazole rings is 1. The third-order valence-corrected chi connectivity index (χ3v) is 8.79. The molecule has 1 N–H and O–H groups in total. The van der Waals surface area contributed by atoms with Crippen molar-refractivity contribution in [2.24, 2.45) is 0 Å². The molecule has 1 atom stereocenters. The van der Waals surface area contributed by atoms with Crippen molar-refractivity contribution in [2.75, 3.05) is 32.0 Å². The molecule has 1 aromatic carbocycles. The molecule has 0 fully saturated rings. The van der Waals surface area contributed by atoms with Crippen molar-refractivity contribution in [2.45, 2.75) is 19.4 Å². The van der Waals surface area contributed by atoms with Gasteiger partial charge in [0.25, 0.3) is 5.91 Å². The summed E-state index contributed by atoms with van der Waals surface area (Å²) in [5.41, 5.74) is 1.59. The van der Waals surface area contributed by atoms with Crippen LogP contribution in [0.25, 0.3) is 4.96 Å². The van der Waals surface area contributed by atoms with Gasteiger partial charge in [0.1, 0.15) is 22.7 Å². The molecule has 0 bridgehead atoms. The second-order valence-electron chi connectivity index (χ2n) is 8.83. The fraction of sp³-hybridized carbons (Fsp3) is 0.304. The van der Waals surface area contributed by atoms with Crippen LogP contribution < -0.4 is 9.46 Å². The topological polar surface area (TPSA) is 122 Å². The molecular weight excluding hydrogens is 592 g/mol. The standard InChI is InChI=1S/C23H22Cl2FN7O4S2/c1-12-29-33-21-16(27-23(33)38-12)8-9-32(20(21)14-5-4-13(24)10-15(14)26)19(34)11-37-17-6-7-18(28-22(17)25)30-39(35,36)31(2)3/h4-7,10,20H,8-9,11H2,1-3H3,(H,28,30). The van der Waals surface area contributed by atoms with Gasteiger partial charge in [-0.3, -0.25) is 9.52 Å². The molecule has 0 radical (unpaired) electrons. The summed E-state index contributed by atoms with van der Waals surface area (Å²) >= 11 is 13.6. The molecule has 16 heteroatoms. The summed E-state index contributed by atoms with van der Waals surface area (Å²) in [5.74, 6) is -0.941. The van der Waals surface area contributed by atoms with E-state index < -0.39 is 34.6 Å². The lowest BCUT2D eigenvalue weighted by Gasteiger charge is -2.35. The number of hydrogen-bond acceptors (Lipinski definition) is 8. The normalized spacial score (nSPS) is 15.6. The highest BCUT2D eigenvalue weighted by molar-refractivity contribution is 7.90. The summed E-state index contributed by atoms with van der Waals surface area (Å²) < 4.78 is 49.8. The Bertz CT molecular complexity index is 1690. The number of nitrogens with one attached hydrogen (secondary N) is 1. The van der Waals surface area contributed by atoms with E-state index in [9.17, 15) is 13.2 Å². The van der Waals surface area contributed by atoms with Crippen LogP contribution in [0, 0.1) is 12.7 Å². The van der Waals surface area contributed by atoms with E-state index in [0.29, 0.717) is 17.1 Å². The van der Waals surface area contributed by atoms with Gasteiger partial charge in [-0.15, -0.1) is 0 Å². The fourth-order valence-corrected chi connectivity index (χ4v) is 5.90. The van der Waals surface area contributed by atoms with E-state index >= 15 is 4.39 Å².